The molecule has 138 valence electrons. The van der Waals surface area contributed by atoms with E-state index in [-0.39, 0.29) is 12.0 Å². The molecule has 0 radical (unpaired) electrons. The SMILES string of the molecule is Cc1ccc(NC(=O)C(C)(C)C(=O)Nc2ccccc2OC(C)C)cc1. The summed E-state index contributed by atoms with van der Waals surface area (Å²) in [5, 5.41) is 5.60. The Morgan fingerprint density at radius 1 is 0.923 bits per heavy atom. The second-order valence-electron chi connectivity index (χ2n) is 7.06. The molecular weight excluding hydrogens is 328 g/mol. The molecule has 26 heavy (non-hydrogen) atoms. The molecule has 0 spiro atoms. The van der Waals surface area contributed by atoms with Gasteiger partial charge in [0, 0.05) is 5.69 Å². The van der Waals surface area contributed by atoms with Crippen molar-refractivity contribution in [2.75, 3.05) is 10.6 Å². The van der Waals surface area contributed by atoms with Gasteiger partial charge in [-0.25, -0.2) is 0 Å². The number of rotatable bonds is 6. The van der Waals surface area contributed by atoms with E-state index in [1.807, 2.05) is 57.2 Å². The molecule has 0 saturated heterocycles. The number of anilines is 2. The lowest BCUT2D eigenvalue weighted by molar-refractivity contribution is -0.135. The summed E-state index contributed by atoms with van der Waals surface area (Å²) in [6.45, 7) is 8.99. The van der Waals surface area contributed by atoms with Gasteiger partial charge in [-0.15, -0.1) is 0 Å². The van der Waals surface area contributed by atoms with Gasteiger partial charge in [0.15, 0.2) is 0 Å². The van der Waals surface area contributed by atoms with E-state index >= 15 is 0 Å². The van der Waals surface area contributed by atoms with Crippen LogP contribution in [0.5, 0.6) is 5.75 Å². The van der Waals surface area contributed by atoms with Gasteiger partial charge in [0.05, 0.1) is 11.8 Å². The molecule has 0 unspecified atom stereocenters. The fourth-order valence-electron chi connectivity index (χ4n) is 2.23. The number of amides is 2. The van der Waals surface area contributed by atoms with Gasteiger partial charge in [-0.2, -0.15) is 0 Å². The largest absolute Gasteiger partial charge is 0.489 e. The minimum atomic E-state index is -1.25. The van der Waals surface area contributed by atoms with Gasteiger partial charge in [-0.1, -0.05) is 29.8 Å². The van der Waals surface area contributed by atoms with Crippen LogP contribution < -0.4 is 15.4 Å². The Labute approximate surface area is 154 Å². The molecule has 2 aromatic carbocycles. The maximum Gasteiger partial charge on any atom is 0.239 e. The van der Waals surface area contributed by atoms with Crippen molar-refractivity contribution in [1.82, 2.24) is 0 Å². The molecule has 5 heteroatoms. The monoisotopic (exact) mass is 354 g/mol. The zero-order chi connectivity index (χ0) is 19.3. The maximum absolute atomic E-state index is 12.7. The third-order valence-electron chi connectivity index (χ3n) is 3.94. The summed E-state index contributed by atoms with van der Waals surface area (Å²) in [4.78, 5) is 25.3. The average molecular weight is 354 g/mol. The lowest BCUT2D eigenvalue weighted by Crippen LogP contribution is -2.41. The predicted molar refractivity (Wildman–Crippen MR) is 104 cm³/mol. The minimum absolute atomic E-state index is 0.0223. The Hall–Kier alpha value is -2.82. The first-order valence-corrected chi connectivity index (χ1v) is 8.65. The molecule has 0 saturated carbocycles. The molecule has 0 heterocycles. The van der Waals surface area contributed by atoms with Crippen molar-refractivity contribution in [3.63, 3.8) is 0 Å². The highest BCUT2D eigenvalue weighted by Gasteiger charge is 2.36. The number of carbonyl (C=O) groups is 2. The standard InChI is InChI=1S/C21H26N2O3/c1-14(2)26-18-9-7-6-8-17(18)23-20(25)21(4,5)19(24)22-16-12-10-15(3)11-13-16/h6-14H,1-5H3,(H,22,24)(H,23,25). The van der Waals surface area contributed by atoms with Crippen molar-refractivity contribution in [2.45, 2.75) is 40.7 Å². The summed E-state index contributed by atoms with van der Waals surface area (Å²) in [5.74, 6) is -0.200. The first-order chi connectivity index (χ1) is 12.2. The zero-order valence-corrected chi connectivity index (χ0v) is 15.9. The molecule has 0 fully saturated rings. The second kappa shape index (κ2) is 8.04. The van der Waals surface area contributed by atoms with Gasteiger partial charge in [-0.3, -0.25) is 9.59 Å². The highest BCUT2D eigenvalue weighted by atomic mass is 16.5. The fraction of sp³-hybridized carbons (Fsp3) is 0.333. The molecule has 0 aliphatic carbocycles. The molecular formula is C21H26N2O3. The van der Waals surface area contributed by atoms with Gasteiger partial charge in [0.2, 0.25) is 11.8 Å². The van der Waals surface area contributed by atoms with Gasteiger partial charge in [0.1, 0.15) is 11.2 Å². The van der Waals surface area contributed by atoms with E-state index in [0.717, 1.165) is 5.56 Å². The van der Waals surface area contributed by atoms with Gasteiger partial charge >= 0.3 is 0 Å². The van der Waals surface area contributed by atoms with Crippen LogP contribution in [0.2, 0.25) is 0 Å². The number of para-hydroxylation sites is 2. The first kappa shape index (κ1) is 19.5. The molecule has 0 bridgehead atoms. The third-order valence-corrected chi connectivity index (χ3v) is 3.94. The summed E-state index contributed by atoms with van der Waals surface area (Å²) in [6.07, 6.45) is -0.0223. The van der Waals surface area contributed by atoms with E-state index in [1.165, 1.54) is 0 Å². The van der Waals surface area contributed by atoms with Crippen LogP contribution in [0, 0.1) is 12.3 Å². The molecule has 2 rings (SSSR count). The summed E-state index contributed by atoms with van der Waals surface area (Å²) < 4.78 is 5.71. The Kier molecular flexibility index (Phi) is 6.03. The Morgan fingerprint density at radius 3 is 2.12 bits per heavy atom. The number of carbonyl (C=O) groups excluding carboxylic acids is 2. The second-order valence-corrected chi connectivity index (χ2v) is 7.06. The lowest BCUT2D eigenvalue weighted by Gasteiger charge is -2.24. The van der Waals surface area contributed by atoms with E-state index in [4.69, 9.17) is 4.74 Å². The van der Waals surface area contributed by atoms with Gasteiger partial charge < -0.3 is 15.4 Å². The molecule has 0 aliphatic rings. The van der Waals surface area contributed by atoms with Crippen LogP contribution in [-0.2, 0) is 9.59 Å². The van der Waals surface area contributed by atoms with Crippen molar-refractivity contribution in [1.29, 1.82) is 0 Å². The van der Waals surface area contributed by atoms with Crippen LogP contribution in [-0.4, -0.2) is 17.9 Å². The van der Waals surface area contributed by atoms with Gasteiger partial charge in [0.25, 0.3) is 0 Å². The summed E-state index contributed by atoms with van der Waals surface area (Å²) in [6, 6.07) is 14.6. The van der Waals surface area contributed by atoms with Crippen LogP contribution in [0.4, 0.5) is 11.4 Å². The number of benzene rings is 2. The highest BCUT2D eigenvalue weighted by molar-refractivity contribution is 6.14. The normalized spacial score (nSPS) is 11.2. The number of hydrogen-bond acceptors (Lipinski definition) is 3. The van der Waals surface area contributed by atoms with E-state index in [2.05, 4.69) is 10.6 Å². The molecule has 2 aromatic rings. The Balaban J connectivity index is 2.12. The minimum Gasteiger partial charge on any atom is -0.489 e. The first-order valence-electron chi connectivity index (χ1n) is 8.65. The summed E-state index contributed by atoms with van der Waals surface area (Å²) in [5.41, 5.74) is 1.05. The Morgan fingerprint density at radius 2 is 1.50 bits per heavy atom. The maximum atomic E-state index is 12.7. The predicted octanol–water partition coefficient (Wildman–Crippen LogP) is 4.39. The number of aryl methyl sites for hydroxylation is 1. The van der Waals surface area contributed by atoms with Crippen molar-refractivity contribution < 1.29 is 14.3 Å². The molecule has 2 N–H and O–H groups in total. The molecule has 0 aromatic heterocycles. The van der Waals surface area contributed by atoms with E-state index in [1.54, 1.807) is 26.0 Å². The zero-order valence-electron chi connectivity index (χ0n) is 15.9. The molecule has 5 nitrogen and oxygen atoms in total. The van der Waals surface area contributed by atoms with E-state index < -0.39 is 11.3 Å². The summed E-state index contributed by atoms with van der Waals surface area (Å²) >= 11 is 0. The molecule has 0 aliphatic heterocycles. The smallest absolute Gasteiger partial charge is 0.239 e. The fourth-order valence-corrected chi connectivity index (χ4v) is 2.23. The molecule has 0 atom stereocenters. The van der Waals surface area contributed by atoms with Crippen molar-refractivity contribution in [3.05, 3.63) is 54.1 Å². The third kappa shape index (κ3) is 4.85. The van der Waals surface area contributed by atoms with Crippen LogP contribution in [0.3, 0.4) is 0 Å². The van der Waals surface area contributed by atoms with Gasteiger partial charge in [-0.05, 0) is 58.9 Å². The number of ether oxygens (including phenoxy) is 1. The van der Waals surface area contributed by atoms with Crippen molar-refractivity contribution >= 4 is 23.2 Å². The number of nitrogens with one attached hydrogen (secondary N) is 2. The summed E-state index contributed by atoms with van der Waals surface area (Å²) in [7, 11) is 0. The van der Waals surface area contributed by atoms with E-state index in [9.17, 15) is 9.59 Å². The Bertz CT molecular complexity index is 780. The van der Waals surface area contributed by atoms with Crippen LogP contribution in [0.15, 0.2) is 48.5 Å². The average Bonchev–Trinajstić information content (AvgIpc) is 2.58. The van der Waals surface area contributed by atoms with Crippen molar-refractivity contribution in [3.8, 4) is 5.75 Å². The van der Waals surface area contributed by atoms with Crippen molar-refractivity contribution in [2.24, 2.45) is 5.41 Å². The quantitative estimate of drug-likeness (QED) is 0.756. The lowest BCUT2D eigenvalue weighted by atomic mass is 9.90. The van der Waals surface area contributed by atoms with Crippen LogP contribution >= 0.6 is 0 Å². The van der Waals surface area contributed by atoms with Crippen LogP contribution in [0.25, 0.3) is 0 Å². The number of hydrogen-bond donors (Lipinski definition) is 2. The van der Waals surface area contributed by atoms with Crippen LogP contribution in [0.1, 0.15) is 33.3 Å². The van der Waals surface area contributed by atoms with E-state index in [0.29, 0.717) is 17.1 Å². The molecule has 2 amide bonds. The topological polar surface area (TPSA) is 67.4 Å². The highest BCUT2D eigenvalue weighted by Crippen LogP contribution is 2.28.